The Morgan fingerprint density at radius 1 is 0.913 bits per heavy atom. The fourth-order valence-electron chi connectivity index (χ4n) is 3.66. The fourth-order valence-corrected chi connectivity index (χ4v) is 3.66. The molecule has 0 N–H and O–H groups in total. The second-order valence-corrected chi connectivity index (χ2v) is 6.44. The van der Waals surface area contributed by atoms with Crippen molar-refractivity contribution in [2.45, 2.75) is 26.3 Å². The van der Waals surface area contributed by atoms with Gasteiger partial charge in [0.2, 0.25) is 0 Å². The van der Waals surface area contributed by atoms with Gasteiger partial charge in [-0.1, -0.05) is 48.5 Å². The van der Waals surface area contributed by atoms with Crippen LogP contribution in [-0.4, -0.2) is 23.0 Å². The Morgan fingerprint density at radius 2 is 1.65 bits per heavy atom. The van der Waals surface area contributed by atoms with E-state index in [9.17, 15) is 0 Å². The van der Waals surface area contributed by atoms with Gasteiger partial charge in [-0.05, 0) is 36.1 Å². The third-order valence-corrected chi connectivity index (χ3v) is 4.96. The molecule has 3 aromatic rings. The molecule has 0 aliphatic carbocycles. The van der Waals surface area contributed by atoms with Gasteiger partial charge in [0, 0.05) is 37.1 Å². The van der Waals surface area contributed by atoms with Gasteiger partial charge in [-0.3, -0.25) is 9.88 Å². The molecule has 116 valence electrons. The highest BCUT2D eigenvalue weighted by Gasteiger charge is 2.18. The van der Waals surface area contributed by atoms with Crippen molar-refractivity contribution in [1.82, 2.24) is 9.88 Å². The van der Waals surface area contributed by atoms with Crippen LogP contribution in [0, 0.1) is 6.92 Å². The molecular formula is C21H22N2. The highest BCUT2D eigenvalue weighted by Crippen LogP contribution is 2.26. The smallest absolute Gasteiger partial charge is 0.0708 e. The van der Waals surface area contributed by atoms with Gasteiger partial charge in [-0.2, -0.15) is 0 Å². The lowest BCUT2D eigenvalue weighted by Gasteiger charge is -2.19. The quantitative estimate of drug-likeness (QED) is 0.707. The van der Waals surface area contributed by atoms with E-state index in [-0.39, 0.29) is 0 Å². The van der Waals surface area contributed by atoms with Crippen molar-refractivity contribution in [2.75, 3.05) is 13.1 Å². The lowest BCUT2D eigenvalue weighted by Crippen LogP contribution is -2.25. The van der Waals surface area contributed by atoms with Crippen LogP contribution >= 0.6 is 0 Å². The predicted octanol–water partition coefficient (Wildman–Crippen LogP) is 4.14. The third kappa shape index (κ3) is 2.87. The number of aromatic nitrogens is 1. The Morgan fingerprint density at radius 3 is 2.52 bits per heavy atom. The summed E-state index contributed by atoms with van der Waals surface area (Å²) in [7, 11) is 0. The lowest BCUT2D eigenvalue weighted by atomic mass is 9.99. The summed E-state index contributed by atoms with van der Waals surface area (Å²) in [5.74, 6) is 0. The van der Waals surface area contributed by atoms with Crippen molar-refractivity contribution in [1.29, 1.82) is 0 Å². The van der Waals surface area contributed by atoms with Gasteiger partial charge in [0.15, 0.2) is 0 Å². The van der Waals surface area contributed by atoms with Crippen LogP contribution in [0.2, 0.25) is 0 Å². The lowest BCUT2D eigenvalue weighted by molar-refractivity contribution is 0.279. The molecule has 2 heterocycles. The standard InChI is InChI=1S/C21H22N2/c1-16-18-9-5-6-10-20(18)22-21-12-14-23(13-11-19(16)21)15-17-7-3-2-4-8-17/h2-10H,11-15H2,1H3. The Hall–Kier alpha value is -2.19. The SMILES string of the molecule is Cc1c2c(nc3ccccc13)CCN(Cc1ccccc1)CC2. The molecule has 0 saturated carbocycles. The third-order valence-electron chi connectivity index (χ3n) is 4.96. The first-order valence-electron chi connectivity index (χ1n) is 8.44. The van der Waals surface area contributed by atoms with Crippen LogP contribution in [0.1, 0.15) is 22.4 Å². The number of fused-ring (bicyclic) bond motifs is 2. The van der Waals surface area contributed by atoms with E-state index in [0.29, 0.717) is 0 Å². The number of para-hydroxylation sites is 1. The van der Waals surface area contributed by atoms with E-state index in [2.05, 4.69) is 66.4 Å². The number of rotatable bonds is 2. The van der Waals surface area contributed by atoms with E-state index in [4.69, 9.17) is 4.98 Å². The molecule has 0 radical (unpaired) electrons. The van der Waals surface area contributed by atoms with Gasteiger partial charge in [0.1, 0.15) is 0 Å². The summed E-state index contributed by atoms with van der Waals surface area (Å²) in [5, 5.41) is 1.31. The highest BCUT2D eigenvalue weighted by atomic mass is 15.1. The number of nitrogens with zero attached hydrogens (tertiary/aromatic N) is 2. The van der Waals surface area contributed by atoms with E-state index in [1.54, 1.807) is 0 Å². The monoisotopic (exact) mass is 302 g/mol. The summed E-state index contributed by atoms with van der Waals surface area (Å²) in [4.78, 5) is 7.51. The molecule has 23 heavy (non-hydrogen) atoms. The average Bonchev–Trinajstić information content (AvgIpc) is 2.79. The maximum atomic E-state index is 4.95. The molecule has 0 bridgehead atoms. The Balaban J connectivity index is 1.61. The van der Waals surface area contributed by atoms with Gasteiger partial charge in [0.25, 0.3) is 0 Å². The van der Waals surface area contributed by atoms with Crippen LogP contribution in [0.5, 0.6) is 0 Å². The molecule has 0 saturated heterocycles. The molecule has 0 amide bonds. The predicted molar refractivity (Wildman–Crippen MR) is 95.6 cm³/mol. The molecule has 0 unspecified atom stereocenters. The zero-order valence-electron chi connectivity index (χ0n) is 13.6. The van der Waals surface area contributed by atoms with Crippen LogP contribution in [0.25, 0.3) is 10.9 Å². The molecule has 2 nitrogen and oxygen atoms in total. The van der Waals surface area contributed by atoms with Crippen molar-refractivity contribution in [3.8, 4) is 0 Å². The Labute approximate surface area is 137 Å². The minimum absolute atomic E-state index is 1.04. The zero-order valence-corrected chi connectivity index (χ0v) is 13.6. The summed E-state index contributed by atoms with van der Waals surface area (Å²) in [6.45, 7) is 5.50. The van der Waals surface area contributed by atoms with Crippen molar-refractivity contribution in [2.24, 2.45) is 0 Å². The number of pyridine rings is 1. The topological polar surface area (TPSA) is 16.1 Å². The molecule has 1 aromatic heterocycles. The van der Waals surface area contributed by atoms with Crippen LogP contribution in [-0.2, 0) is 19.4 Å². The van der Waals surface area contributed by atoms with E-state index in [0.717, 1.165) is 38.0 Å². The van der Waals surface area contributed by atoms with Crippen LogP contribution < -0.4 is 0 Å². The Kier molecular flexibility index (Phi) is 3.84. The maximum absolute atomic E-state index is 4.95. The van der Waals surface area contributed by atoms with Gasteiger partial charge in [-0.25, -0.2) is 0 Å². The van der Waals surface area contributed by atoms with Crippen molar-refractivity contribution in [3.05, 3.63) is 77.0 Å². The minimum Gasteiger partial charge on any atom is -0.298 e. The van der Waals surface area contributed by atoms with Crippen molar-refractivity contribution >= 4 is 10.9 Å². The zero-order chi connectivity index (χ0) is 15.6. The van der Waals surface area contributed by atoms with E-state index < -0.39 is 0 Å². The average molecular weight is 302 g/mol. The van der Waals surface area contributed by atoms with Crippen LogP contribution in [0.15, 0.2) is 54.6 Å². The molecule has 2 heteroatoms. The molecule has 0 fully saturated rings. The van der Waals surface area contributed by atoms with Crippen molar-refractivity contribution in [3.63, 3.8) is 0 Å². The van der Waals surface area contributed by atoms with E-state index in [1.165, 1.54) is 27.8 Å². The van der Waals surface area contributed by atoms with Gasteiger partial charge in [-0.15, -0.1) is 0 Å². The van der Waals surface area contributed by atoms with Gasteiger partial charge in [0.05, 0.1) is 5.52 Å². The van der Waals surface area contributed by atoms with E-state index >= 15 is 0 Å². The summed E-state index contributed by atoms with van der Waals surface area (Å²) in [6, 6.07) is 19.3. The first-order chi connectivity index (χ1) is 11.3. The van der Waals surface area contributed by atoms with Gasteiger partial charge >= 0.3 is 0 Å². The molecule has 4 rings (SSSR count). The van der Waals surface area contributed by atoms with E-state index in [1.807, 2.05) is 0 Å². The summed E-state index contributed by atoms with van der Waals surface area (Å²) < 4.78 is 0. The number of hydrogen-bond acceptors (Lipinski definition) is 2. The summed E-state index contributed by atoms with van der Waals surface area (Å²) in [5.41, 5.74) is 6.73. The molecule has 2 aromatic carbocycles. The number of hydrogen-bond donors (Lipinski definition) is 0. The summed E-state index contributed by atoms with van der Waals surface area (Å²) in [6.07, 6.45) is 2.15. The molecule has 0 spiro atoms. The first-order valence-corrected chi connectivity index (χ1v) is 8.44. The molecule has 1 aliphatic heterocycles. The van der Waals surface area contributed by atoms with Gasteiger partial charge < -0.3 is 0 Å². The molecule has 1 aliphatic rings. The normalized spacial score (nSPS) is 15.3. The second-order valence-electron chi connectivity index (χ2n) is 6.44. The minimum atomic E-state index is 1.04. The fraction of sp³-hybridized carbons (Fsp3) is 0.286. The number of benzene rings is 2. The first kappa shape index (κ1) is 14.4. The molecule has 0 atom stereocenters. The molecular weight excluding hydrogens is 280 g/mol. The largest absolute Gasteiger partial charge is 0.298 e. The van der Waals surface area contributed by atoms with Crippen LogP contribution in [0.4, 0.5) is 0 Å². The van der Waals surface area contributed by atoms with Crippen molar-refractivity contribution < 1.29 is 0 Å². The maximum Gasteiger partial charge on any atom is 0.0708 e. The summed E-state index contributed by atoms with van der Waals surface area (Å²) >= 11 is 0. The van der Waals surface area contributed by atoms with Crippen LogP contribution in [0.3, 0.4) is 0 Å². The second kappa shape index (κ2) is 6.13. The number of aryl methyl sites for hydroxylation is 1. The Bertz CT molecular complexity index is 824. The highest BCUT2D eigenvalue weighted by molar-refractivity contribution is 5.83.